The highest BCUT2D eigenvalue weighted by Gasteiger charge is 2.37. The average molecular weight is 215 g/mol. The first-order valence-electron chi connectivity index (χ1n) is 6.18. The molecule has 0 aromatic heterocycles. The molecule has 1 heterocycles. The van der Waals surface area contributed by atoms with Crippen LogP contribution in [0.25, 0.3) is 0 Å². The van der Waals surface area contributed by atoms with Gasteiger partial charge in [-0.3, -0.25) is 0 Å². The summed E-state index contributed by atoms with van der Waals surface area (Å²) in [5.74, 6) is 0. The van der Waals surface area contributed by atoms with Gasteiger partial charge in [-0.1, -0.05) is 6.92 Å². The molecule has 1 saturated heterocycles. The Hall–Kier alpha value is -0.120. The molecule has 1 aliphatic rings. The molecule has 2 unspecified atom stereocenters. The highest BCUT2D eigenvalue weighted by Crippen LogP contribution is 2.28. The van der Waals surface area contributed by atoms with Crippen molar-refractivity contribution in [3.8, 4) is 0 Å². The number of nitrogens with one attached hydrogen (secondary N) is 1. The molecule has 0 bridgehead atoms. The van der Waals surface area contributed by atoms with E-state index in [-0.39, 0.29) is 5.60 Å². The van der Waals surface area contributed by atoms with E-state index in [1.807, 2.05) is 6.92 Å². The smallest absolute Gasteiger partial charge is 0.0830 e. The Morgan fingerprint density at radius 2 is 2.27 bits per heavy atom. The number of hydrogen-bond acceptors (Lipinski definition) is 3. The third-order valence-corrected chi connectivity index (χ3v) is 3.12. The lowest BCUT2D eigenvalue weighted by atomic mass is 9.93. The Morgan fingerprint density at radius 3 is 2.80 bits per heavy atom. The maximum absolute atomic E-state index is 5.85. The van der Waals surface area contributed by atoms with Gasteiger partial charge < -0.3 is 14.8 Å². The molecular weight excluding hydrogens is 190 g/mol. The zero-order chi connectivity index (χ0) is 11.1. The van der Waals surface area contributed by atoms with Crippen molar-refractivity contribution >= 4 is 0 Å². The van der Waals surface area contributed by atoms with Crippen LogP contribution in [-0.4, -0.2) is 38.0 Å². The molecule has 0 aliphatic carbocycles. The minimum Gasteiger partial charge on any atom is -0.380 e. The predicted molar refractivity (Wildman–Crippen MR) is 62.2 cm³/mol. The van der Waals surface area contributed by atoms with Gasteiger partial charge in [0.1, 0.15) is 0 Å². The van der Waals surface area contributed by atoms with Crippen LogP contribution in [0.2, 0.25) is 0 Å². The second kappa shape index (κ2) is 6.46. The monoisotopic (exact) mass is 215 g/mol. The second-order valence-corrected chi connectivity index (χ2v) is 4.43. The SMILES string of the molecule is CCCNC(COCC)C1(C)CCCO1. The summed E-state index contributed by atoms with van der Waals surface area (Å²) in [5.41, 5.74) is -0.0235. The van der Waals surface area contributed by atoms with E-state index >= 15 is 0 Å². The Morgan fingerprint density at radius 1 is 1.47 bits per heavy atom. The molecule has 15 heavy (non-hydrogen) atoms. The van der Waals surface area contributed by atoms with E-state index in [2.05, 4.69) is 19.2 Å². The summed E-state index contributed by atoms with van der Waals surface area (Å²) in [7, 11) is 0. The minimum atomic E-state index is -0.0235. The predicted octanol–water partition coefficient (Wildman–Crippen LogP) is 1.96. The van der Waals surface area contributed by atoms with Crippen molar-refractivity contribution in [3.05, 3.63) is 0 Å². The van der Waals surface area contributed by atoms with Gasteiger partial charge in [-0.2, -0.15) is 0 Å². The van der Waals surface area contributed by atoms with Crippen LogP contribution in [0.4, 0.5) is 0 Å². The molecule has 0 aromatic rings. The first kappa shape index (κ1) is 12.9. The molecule has 0 amide bonds. The number of ether oxygens (including phenoxy) is 2. The first-order valence-corrected chi connectivity index (χ1v) is 6.18. The van der Waals surface area contributed by atoms with E-state index in [1.165, 1.54) is 6.42 Å². The molecule has 1 rings (SSSR count). The van der Waals surface area contributed by atoms with Crippen molar-refractivity contribution in [1.29, 1.82) is 0 Å². The number of rotatable bonds is 7. The summed E-state index contributed by atoms with van der Waals surface area (Å²) >= 11 is 0. The van der Waals surface area contributed by atoms with E-state index in [0.29, 0.717) is 6.04 Å². The van der Waals surface area contributed by atoms with Crippen molar-refractivity contribution in [2.24, 2.45) is 0 Å². The van der Waals surface area contributed by atoms with Crippen molar-refractivity contribution in [2.45, 2.75) is 51.7 Å². The van der Waals surface area contributed by atoms with Crippen LogP contribution in [0.5, 0.6) is 0 Å². The fraction of sp³-hybridized carbons (Fsp3) is 1.00. The van der Waals surface area contributed by atoms with Gasteiger partial charge in [0.15, 0.2) is 0 Å². The van der Waals surface area contributed by atoms with Crippen LogP contribution >= 0.6 is 0 Å². The molecule has 0 spiro atoms. The third kappa shape index (κ3) is 3.74. The van der Waals surface area contributed by atoms with Crippen LogP contribution in [-0.2, 0) is 9.47 Å². The zero-order valence-corrected chi connectivity index (χ0v) is 10.3. The molecule has 3 nitrogen and oxygen atoms in total. The summed E-state index contributed by atoms with van der Waals surface area (Å²) in [6.07, 6.45) is 3.47. The minimum absolute atomic E-state index is 0.0235. The fourth-order valence-electron chi connectivity index (χ4n) is 2.08. The summed E-state index contributed by atoms with van der Waals surface area (Å²) in [5, 5.41) is 3.54. The number of hydrogen-bond donors (Lipinski definition) is 1. The lowest BCUT2D eigenvalue weighted by Gasteiger charge is -2.33. The van der Waals surface area contributed by atoms with Gasteiger partial charge in [-0.25, -0.2) is 0 Å². The van der Waals surface area contributed by atoms with Gasteiger partial charge in [0.25, 0.3) is 0 Å². The molecular formula is C12H25NO2. The lowest BCUT2D eigenvalue weighted by molar-refractivity contribution is -0.0378. The molecule has 1 aliphatic heterocycles. The molecule has 2 atom stereocenters. The maximum atomic E-state index is 5.85. The molecule has 0 radical (unpaired) electrons. The van der Waals surface area contributed by atoms with E-state index in [9.17, 15) is 0 Å². The molecule has 3 heteroatoms. The molecule has 1 fully saturated rings. The highest BCUT2D eigenvalue weighted by molar-refractivity contribution is 4.92. The zero-order valence-electron chi connectivity index (χ0n) is 10.3. The van der Waals surface area contributed by atoms with E-state index in [4.69, 9.17) is 9.47 Å². The fourth-order valence-corrected chi connectivity index (χ4v) is 2.08. The first-order chi connectivity index (χ1) is 7.23. The van der Waals surface area contributed by atoms with Gasteiger partial charge in [0.05, 0.1) is 18.2 Å². The quantitative estimate of drug-likeness (QED) is 0.704. The summed E-state index contributed by atoms with van der Waals surface area (Å²) in [6, 6.07) is 0.333. The van der Waals surface area contributed by atoms with Crippen molar-refractivity contribution in [1.82, 2.24) is 5.32 Å². The average Bonchev–Trinajstić information content (AvgIpc) is 2.66. The standard InChI is InChI=1S/C12H25NO2/c1-4-8-13-11(10-14-5-2)12(3)7-6-9-15-12/h11,13H,4-10H2,1-3H3. The Balaban J connectivity index is 2.45. The Bertz CT molecular complexity index is 159. The molecule has 1 N–H and O–H groups in total. The second-order valence-electron chi connectivity index (χ2n) is 4.43. The summed E-state index contributed by atoms with van der Waals surface area (Å²) < 4.78 is 11.4. The summed E-state index contributed by atoms with van der Waals surface area (Å²) in [4.78, 5) is 0. The van der Waals surface area contributed by atoms with Gasteiger partial charge in [0, 0.05) is 13.2 Å². The molecule has 90 valence electrons. The van der Waals surface area contributed by atoms with Crippen molar-refractivity contribution < 1.29 is 9.47 Å². The van der Waals surface area contributed by atoms with E-state index in [0.717, 1.165) is 39.2 Å². The van der Waals surface area contributed by atoms with Crippen molar-refractivity contribution in [2.75, 3.05) is 26.4 Å². The van der Waals surface area contributed by atoms with Crippen LogP contribution in [0.15, 0.2) is 0 Å². The van der Waals surface area contributed by atoms with Gasteiger partial charge >= 0.3 is 0 Å². The molecule has 0 aromatic carbocycles. The lowest BCUT2D eigenvalue weighted by Crippen LogP contribution is -2.51. The Kier molecular flexibility index (Phi) is 5.58. The topological polar surface area (TPSA) is 30.5 Å². The van der Waals surface area contributed by atoms with Crippen LogP contribution < -0.4 is 5.32 Å². The van der Waals surface area contributed by atoms with Gasteiger partial charge in [0.2, 0.25) is 0 Å². The van der Waals surface area contributed by atoms with E-state index < -0.39 is 0 Å². The van der Waals surface area contributed by atoms with Crippen LogP contribution in [0.1, 0.15) is 40.0 Å². The molecule has 0 saturated carbocycles. The van der Waals surface area contributed by atoms with Gasteiger partial charge in [-0.05, 0) is 39.7 Å². The Labute approximate surface area is 93.5 Å². The van der Waals surface area contributed by atoms with Crippen molar-refractivity contribution in [3.63, 3.8) is 0 Å². The van der Waals surface area contributed by atoms with Crippen LogP contribution in [0, 0.1) is 0 Å². The highest BCUT2D eigenvalue weighted by atomic mass is 16.5. The summed E-state index contributed by atoms with van der Waals surface area (Å²) in [6.45, 7) is 9.89. The largest absolute Gasteiger partial charge is 0.380 e. The van der Waals surface area contributed by atoms with Gasteiger partial charge in [-0.15, -0.1) is 0 Å². The van der Waals surface area contributed by atoms with E-state index in [1.54, 1.807) is 0 Å². The van der Waals surface area contributed by atoms with Crippen LogP contribution in [0.3, 0.4) is 0 Å². The maximum Gasteiger partial charge on any atom is 0.0830 e. The third-order valence-electron chi connectivity index (χ3n) is 3.12. The normalized spacial score (nSPS) is 28.2.